The van der Waals surface area contributed by atoms with Gasteiger partial charge in [0.2, 0.25) is 0 Å². The minimum absolute atomic E-state index is 0.0485. The highest BCUT2D eigenvalue weighted by Gasteiger charge is 2.23. The van der Waals surface area contributed by atoms with E-state index in [1.54, 1.807) is 29.2 Å². The molecule has 0 aliphatic carbocycles. The van der Waals surface area contributed by atoms with Gasteiger partial charge < -0.3 is 10.1 Å². The zero-order chi connectivity index (χ0) is 20.1. The third-order valence-corrected chi connectivity index (χ3v) is 5.06. The lowest BCUT2D eigenvalue weighted by atomic mass is 10.0. The summed E-state index contributed by atoms with van der Waals surface area (Å²) in [6.45, 7) is 3.25. The van der Waals surface area contributed by atoms with E-state index in [1.807, 2.05) is 30.3 Å². The minimum atomic E-state index is -0.271. The molecule has 1 aromatic heterocycles. The van der Waals surface area contributed by atoms with E-state index in [2.05, 4.69) is 15.3 Å². The number of carbonyl (C=O) groups is 1. The molecule has 0 unspecified atom stereocenters. The molecule has 1 atom stereocenters. The summed E-state index contributed by atoms with van der Waals surface area (Å²) in [5.74, 6) is -0.459. The van der Waals surface area contributed by atoms with Gasteiger partial charge in [-0.3, -0.25) is 9.69 Å². The molecule has 1 fully saturated rings. The van der Waals surface area contributed by atoms with Crippen molar-refractivity contribution in [3.63, 3.8) is 0 Å². The van der Waals surface area contributed by atoms with Crippen molar-refractivity contribution in [3.05, 3.63) is 83.9 Å². The average molecular weight is 394 g/mol. The van der Waals surface area contributed by atoms with Crippen molar-refractivity contribution < 1.29 is 13.9 Å². The SMILES string of the molecule is O=C(NC[C@@H](c1ccc(F)cc1)N1CCOCC1)c1cnn(-c2ccccc2)c1. The van der Waals surface area contributed by atoms with Crippen LogP contribution < -0.4 is 5.32 Å². The molecule has 0 spiro atoms. The fourth-order valence-corrected chi connectivity index (χ4v) is 3.49. The summed E-state index contributed by atoms with van der Waals surface area (Å²) in [7, 11) is 0. The Morgan fingerprint density at radius 3 is 2.55 bits per heavy atom. The van der Waals surface area contributed by atoms with E-state index in [4.69, 9.17) is 4.74 Å². The standard InChI is InChI=1S/C22H23FN4O2/c23-19-8-6-17(7-9-19)21(26-10-12-29-13-11-26)15-24-22(28)18-14-25-27(16-18)20-4-2-1-3-5-20/h1-9,14,16,21H,10-13,15H2,(H,24,28)/t21-/m0/s1. The largest absolute Gasteiger partial charge is 0.379 e. The predicted octanol–water partition coefficient (Wildman–Crippen LogP) is 2.81. The van der Waals surface area contributed by atoms with Crippen molar-refractivity contribution >= 4 is 5.91 Å². The van der Waals surface area contributed by atoms with E-state index in [9.17, 15) is 9.18 Å². The number of para-hydroxylation sites is 1. The number of carbonyl (C=O) groups excluding carboxylic acids is 1. The fraction of sp³-hybridized carbons (Fsp3) is 0.273. The normalized spacial score (nSPS) is 15.8. The van der Waals surface area contributed by atoms with Crippen LogP contribution in [-0.2, 0) is 4.74 Å². The first-order valence-electron chi connectivity index (χ1n) is 9.66. The summed E-state index contributed by atoms with van der Waals surface area (Å²) >= 11 is 0. The van der Waals surface area contributed by atoms with Gasteiger partial charge in [0.1, 0.15) is 5.82 Å². The number of nitrogens with zero attached hydrogens (tertiary/aromatic N) is 3. The summed E-state index contributed by atoms with van der Waals surface area (Å²) in [5, 5.41) is 7.29. The number of halogens is 1. The molecule has 2 heterocycles. The Kier molecular flexibility index (Phi) is 5.97. The van der Waals surface area contributed by atoms with Gasteiger partial charge in [-0.05, 0) is 29.8 Å². The van der Waals surface area contributed by atoms with Crippen LogP contribution in [0.4, 0.5) is 4.39 Å². The topological polar surface area (TPSA) is 59.4 Å². The van der Waals surface area contributed by atoms with Crippen molar-refractivity contribution in [2.45, 2.75) is 6.04 Å². The van der Waals surface area contributed by atoms with Crippen molar-refractivity contribution in [1.82, 2.24) is 20.0 Å². The quantitative estimate of drug-likeness (QED) is 0.699. The molecule has 0 radical (unpaired) electrons. The summed E-state index contributed by atoms with van der Waals surface area (Å²) in [6.07, 6.45) is 3.27. The van der Waals surface area contributed by atoms with E-state index in [1.165, 1.54) is 12.1 Å². The number of amides is 1. The first-order valence-corrected chi connectivity index (χ1v) is 9.66. The van der Waals surface area contributed by atoms with Crippen LogP contribution in [-0.4, -0.2) is 53.4 Å². The second-order valence-corrected chi connectivity index (χ2v) is 6.93. The summed E-state index contributed by atoms with van der Waals surface area (Å²) in [4.78, 5) is 14.9. The Morgan fingerprint density at radius 2 is 1.83 bits per heavy atom. The van der Waals surface area contributed by atoms with Crippen molar-refractivity contribution in [2.24, 2.45) is 0 Å². The molecule has 1 N–H and O–H groups in total. The Hall–Kier alpha value is -3.03. The summed E-state index contributed by atoms with van der Waals surface area (Å²) < 4.78 is 20.5. The lowest BCUT2D eigenvalue weighted by Crippen LogP contribution is -2.43. The van der Waals surface area contributed by atoms with E-state index in [0.717, 1.165) is 24.3 Å². The second kappa shape index (κ2) is 8.98. The van der Waals surface area contributed by atoms with E-state index >= 15 is 0 Å². The van der Waals surface area contributed by atoms with Crippen LogP contribution in [0.2, 0.25) is 0 Å². The smallest absolute Gasteiger partial charge is 0.254 e. The molecule has 1 saturated heterocycles. The number of rotatable bonds is 6. The Morgan fingerprint density at radius 1 is 1.10 bits per heavy atom. The first-order chi connectivity index (χ1) is 14.2. The monoisotopic (exact) mass is 394 g/mol. The van der Waals surface area contributed by atoms with Gasteiger partial charge in [-0.2, -0.15) is 5.10 Å². The van der Waals surface area contributed by atoms with Crippen LogP contribution in [0.5, 0.6) is 0 Å². The van der Waals surface area contributed by atoms with Crippen molar-refractivity contribution in [3.8, 4) is 5.69 Å². The maximum Gasteiger partial charge on any atom is 0.254 e. The Bertz CT molecular complexity index is 937. The zero-order valence-electron chi connectivity index (χ0n) is 16.0. The van der Waals surface area contributed by atoms with Gasteiger partial charge in [0.15, 0.2) is 0 Å². The third-order valence-electron chi connectivity index (χ3n) is 5.06. The molecule has 7 heteroatoms. The molecule has 0 bridgehead atoms. The van der Waals surface area contributed by atoms with Gasteiger partial charge in [-0.15, -0.1) is 0 Å². The Labute approximate surface area is 168 Å². The lowest BCUT2D eigenvalue weighted by Gasteiger charge is -2.34. The first kappa shape index (κ1) is 19.3. The molecular weight excluding hydrogens is 371 g/mol. The molecule has 29 heavy (non-hydrogen) atoms. The maximum atomic E-state index is 13.4. The summed E-state index contributed by atoms with van der Waals surface area (Å²) in [6, 6.07) is 16.0. The van der Waals surface area contributed by atoms with Crippen molar-refractivity contribution in [2.75, 3.05) is 32.8 Å². The molecular formula is C22H23FN4O2. The maximum absolute atomic E-state index is 13.4. The van der Waals surface area contributed by atoms with Crippen LogP contribution in [0.1, 0.15) is 22.0 Å². The van der Waals surface area contributed by atoms with Crippen LogP contribution in [0.25, 0.3) is 5.69 Å². The van der Waals surface area contributed by atoms with E-state index in [-0.39, 0.29) is 17.8 Å². The van der Waals surface area contributed by atoms with Gasteiger partial charge in [-0.1, -0.05) is 30.3 Å². The highest BCUT2D eigenvalue weighted by molar-refractivity contribution is 5.93. The lowest BCUT2D eigenvalue weighted by molar-refractivity contribution is 0.0162. The highest BCUT2D eigenvalue weighted by Crippen LogP contribution is 2.22. The van der Waals surface area contributed by atoms with Gasteiger partial charge in [-0.25, -0.2) is 9.07 Å². The van der Waals surface area contributed by atoms with Gasteiger partial charge in [0.25, 0.3) is 5.91 Å². The van der Waals surface area contributed by atoms with Gasteiger partial charge >= 0.3 is 0 Å². The van der Waals surface area contributed by atoms with Crippen LogP contribution in [0.15, 0.2) is 67.0 Å². The van der Waals surface area contributed by atoms with Crippen LogP contribution in [0.3, 0.4) is 0 Å². The fourth-order valence-electron chi connectivity index (χ4n) is 3.49. The number of morpholine rings is 1. The van der Waals surface area contributed by atoms with Crippen LogP contribution in [0, 0.1) is 5.82 Å². The molecule has 2 aromatic carbocycles. The number of ether oxygens (including phenoxy) is 1. The van der Waals surface area contributed by atoms with Gasteiger partial charge in [0.05, 0.1) is 36.7 Å². The average Bonchev–Trinajstić information content (AvgIpc) is 3.27. The zero-order valence-corrected chi connectivity index (χ0v) is 16.0. The van der Waals surface area contributed by atoms with Gasteiger partial charge in [0, 0.05) is 25.8 Å². The highest BCUT2D eigenvalue weighted by atomic mass is 19.1. The molecule has 150 valence electrons. The number of hydrogen-bond acceptors (Lipinski definition) is 4. The molecule has 0 saturated carbocycles. The molecule has 1 amide bonds. The van der Waals surface area contributed by atoms with E-state index < -0.39 is 0 Å². The number of nitrogens with one attached hydrogen (secondary N) is 1. The van der Waals surface area contributed by atoms with Crippen LogP contribution >= 0.6 is 0 Å². The predicted molar refractivity (Wildman–Crippen MR) is 107 cm³/mol. The molecule has 1 aliphatic heterocycles. The molecule has 1 aliphatic rings. The molecule has 4 rings (SSSR count). The molecule has 3 aromatic rings. The minimum Gasteiger partial charge on any atom is -0.379 e. The third kappa shape index (κ3) is 4.70. The molecule has 6 nitrogen and oxygen atoms in total. The van der Waals surface area contributed by atoms with E-state index in [0.29, 0.717) is 25.3 Å². The Balaban J connectivity index is 1.46. The van der Waals surface area contributed by atoms with Crippen molar-refractivity contribution in [1.29, 1.82) is 0 Å². The number of benzene rings is 2. The number of hydrogen-bond donors (Lipinski definition) is 1. The second-order valence-electron chi connectivity index (χ2n) is 6.93. The number of aromatic nitrogens is 2. The summed E-state index contributed by atoms with van der Waals surface area (Å²) in [5.41, 5.74) is 2.35.